The van der Waals surface area contributed by atoms with Gasteiger partial charge in [0.15, 0.2) is 6.10 Å². The topological polar surface area (TPSA) is 106 Å². The zero-order valence-electron chi connectivity index (χ0n) is 18.9. The van der Waals surface area contributed by atoms with Crippen LogP contribution in [0.5, 0.6) is 0 Å². The van der Waals surface area contributed by atoms with Crippen LogP contribution < -0.4 is 11.1 Å². The number of rotatable bonds is 5. The van der Waals surface area contributed by atoms with E-state index in [1.165, 1.54) is 18.2 Å². The number of nitrogens with one attached hydrogen (secondary N) is 1. The number of hydrogen-bond acceptors (Lipinski definition) is 5. The van der Waals surface area contributed by atoms with Gasteiger partial charge in [0.1, 0.15) is 23.1 Å². The third-order valence-electron chi connectivity index (χ3n) is 5.57. The number of aliphatic hydroxyl groups excluding tert-OH is 1. The number of nitrogens with two attached hydrogens (primary N) is 1. The highest BCUT2D eigenvalue weighted by Gasteiger charge is 2.20. The Labute approximate surface area is 191 Å². The van der Waals surface area contributed by atoms with Crippen molar-refractivity contribution < 1.29 is 14.3 Å². The Morgan fingerprint density at radius 2 is 1.91 bits per heavy atom. The molecule has 2 aromatic heterocycles. The van der Waals surface area contributed by atoms with Gasteiger partial charge in [-0.25, -0.2) is 14.4 Å². The molecule has 8 heteroatoms. The fourth-order valence-electron chi connectivity index (χ4n) is 3.86. The molecule has 0 bridgehead atoms. The van der Waals surface area contributed by atoms with Gasteiger partial charge in [-0.15, -0.1) is 0 Å². The van der Waals surface area contributed by atoms with Crippen LogP contribution in [0.3, 0.4) is 0 Å². The molecule has 0 radical (unpaired) electrons. The minimum Gasteiger partial charge on any atom is -0.383 e. The molecule has 170 valence electrons. The number of aromatic nitrogens is 3. The van der Waals surface area contributed by atoms with Crippen LogP contribution in [0.2, 0.25) is 0 Å². The minimum absolute atomic E-state index is 0.155. The molecule has 4 aromatic rings. The number of hydrogen-bond donors (Lipinski definition) is 3. The van der Waals surface area contributed by atoms with Crippen molar-refractivity contribution in [2.45, 2.75) is 32.8 Å². The van der Waals surface area contributed by atoms with E-state index in [1.54, 1.807) is 6.07 Å². The van der Waals surface area contributed by atoms with Crippen molar-refractivity contribution in [1.29, 1.82) is 0 Å². The maximum atomic E-state index is 13.4. The van der Waals surface area contributed by atoms with Crippen molar-refractivity contribution in [3.63, 3.8) is 0 Å². The molecule has 0 aliphatic heterocycles. The summed E-state index contributed by atoms with van der Waals surface area (Å²) in [5.41, 5.74) is 10.5. The largest absolute Gasteiger partial charge is 0.383 e. The van der Waals surface area contributed by atoms with Gasteiger partial charge >= 0.3 is 0 Å². The van der Waals surface area contributed by atoms with Crippen molar-refractivity contribution in [1.82, 2.24) is 14.5 Å². The molecule has 4 rings (SSSR count). The molecule has 2 heterocycles. The van der Waals surface area contributed by atoms with E-state index < -0.39 is 17.8 Å². The summed E-state index contributed by atoms with van der Waals surface area (Å²) in [4.78, 5) is 21.6. The predicted molar refractivity (Wildman–Crippen MR) is 127 cm³/mol. The highest BCUT2D eigenvalue weighted by atomic mass is 19.1. The Morgan fingerprint density at radius 3 is 2.58 bits per heavy atom. The smallest absolute Gasteiger partial charge is 0.257 e. The number of fused-ring (bicyclic) bond motifs is 1. The minimum atomic E-state index is -1.48. The number of carbonyl (C=O) groups is 1. The van der Waals surface area contributed by atoms with Crippen molar-refractivity contribution in [2.75, 3.05) is 11.1 Å². The normalized spacial score (nSPS) is 12.3. The van der Waals surface area contributed by atoms with E-state index in [0.717, 1.165) is 33.8 Å². The first-order valence-electron chi connectivity index (χ1n) is 10.6. The summed E-state index contributed by atoms with van der Waals surface area (Å²) >= 11 is 0. The second-order valence-corrected chi connectivity index (χ2v) is 8.45. The zero-order valence-corrected chi connectivity index (χ0v) is 18.9. The number of halogens is 1. The van der Waals surface area contributed by atoms with Gasteiger partial charge in [0.25, 0.3) is 5.91 Å². The van der Waals surface area contributed by atoms with Crippen molar-refractivity contribution in [2.24, 2.45) is 7.05 Å². The standard InChI is InChI=1S/C25H26FN5O2/c1-13(2)23-29-22(27)20-19(12-31(4)24(20)30-23)18-9-8-17(10-14(18)3)28-25(33)21(32)15-6-5-7-16(26)11-15/h5-13,21,32H,1-4H3,(H,28,33)(H2,27,29,30)/t21-/m1/s1. The van der Waals surface area contributed by atoms with Gasteiger partial charge < -0.3 is 20.7 Å². The SMILES string of the molecule is Cc1cc(NC(=O)[C@H](O)c2cccc(F)c2)ccc1-c1cn(C)c2nc(C(C)C)nc(N)c12. The number of carbonyl (C=O) groups excluding carboxylic acids is 1. The molecule has 0 unspecified atom stereocenters. The summed E-state index contributed by atoms with van der Waals surface area (Å²) in [7, 11) is 1.92. The second-order valence-electron chi connectivity index (χ2n) is 8.45. The average Bonchev–Trinajstić information content (AvgIpc) is 3.10. The lowest BCUT2D eigenvalue weighted by Crippen LogP contribution is -2.21. The Bertz CT molecular complexity index is 1360. The molecule has 0 aliphatic carbocycles. The van der Waals surface area contributed by atoms with E-state index in [-0.39, 0.29) is 11.5 Å². The number of nitrogens with zero attached hydrogens (tertiary/aromatic N) is 3. The maximum absolute atomic E-state index is 13.4. The summed E-state index contributed by atoms with van der Waals surface area (Å²) in [6.45, 7) is 5.96. The summed E-state index contributed by atoms with van der Waals surface area (Å²) in [6.07, 6.45) is 0.486. The molecule has 4 N–H and O–H groups in total. The molecule has 7 nitrogen and oxygen atoms in total. The van der Waals surface area contributed by atoms with Crippen LogP contribution in [0.15, 0.2) is 48.7 Å². The lowest BCUT2D eigenvalue weighted by molar-refractivity contribution is -0.124. The first-order chi connectivity index (χ1) is 15.7. The van der Waals surface area contributed by atoms with Crippen LogP contribution in [0.4, 0.5) is 15.9 Å². The van der Waals surface area contributed by atoms with Crippen LogP contribution in [0.1, 0.15) is 42.8 Å². The fourth-order valence-corrected chi connectivity index (χ4v) is 3.86. The maximum Gasteiger partial charge on any atom is 0.257 e. The lowest BCUT2D eigenvalue weighted by Gasteiger charge is -2.14. The third kappa shape index (κ3) is 4.29. The van der Waals surface area contributed by atoms with Crippen LogP contribution in [0, 0.1) is 12.7 Å². The van der Waals surface area contributed by atoms with Crippen LogP contribution in [0.25, 0.3) is 22.2 Å². The molecule has 0 spiro atoms. The molecule has 33 heavy (non-hydrogen) atoms. The zero-order chi connectivity index (χ0) is 23.9. The van der Waals surface area contributed by atoms with Gasteiger partial charge in [-0.05, 0) is 47.9 Å². The number of aryl methyl sites for hydroxylation is 2. The van der Waals surface area contributed by atoms with Crippen LogP contribution in [-0.4, -0.2) is 25.5 Å². The molecule has 1 amide bonds. The summed E-state index contributed by atoms with van der Waals surface area (Å²) in [6, 6.07) is 10.8. The first-order valence-corrected chi connectivity index (χ1v) is 10.6. The molecule has 2 aromatic carbocycles. The third-order valence-corrected chi connectivity index (χ3v) is 5.57. The van der Waals surface area contributed by atoms with E-state index in [4.69, 9.17) is 5.73 Å². The van der Waals surface area contributed by atoms with E-state index in [2.05, 4.69) is 15.3 Å². The lowest BCUT2D eigenvalue weighted by atomic mass is 10.00. The molecular formula is C25H26FN5O2. The number of anilines is 2. The van der Waals surface area contributed by atoms with E-state index in [1.807, 2.05) is 50.7 Å². The van der Waals surface area contributed by atoms with E-state index in [9.17, 15) is 14.3 Å². The van der Waals surface area contributed by atoms with Gasteiger partial charge in [0.05, 0.1) is 5.39 Å². The van der Waals surface area contributed by atoms with Crippen LogP contribution >= 0.6 is 0 Å². The fraction of sp³-hybridized carbons (Fsp3) is 0.240. The van der Waals surface area contributed by atoms with Crippen molar-refractivity contribution in [3.05, 3.63) is 71.4 Å². The van der Waals surface area contributed by atoms with Crippen molar-refractivity contribution >= 4 is 28.4 Å². The van der Waals surface area contributed by atoms with Gasteiger partial charge in [-0.3, -0.25) is 4.79 Å². The summed E-state index contributed by atoms with van der Waals surface area (Å²) in [5.74, 6) is 0.117. The molecular weight excluding hydrogens is 421 g/mol. The van der Waals surface area contributed by atoms with E-state index >= 15 is 0 Å². The van der Waals surface area contributed by atoms with Gasteiger partial charge in [0, 0.05) is 30.4 Å². The average molecular weight is 448 g/mol. The van der Waals surface area contributed by atoms with Crippen LogP contribution in [-0.2, 0) is 11.8 Å². The monoisotopic (exact) mass is 447 g/mol. The highest BCUT2D eigenvalue weighted by Crippen LogP contribution is 2.36. The number of aliphatic hydroxyl groups is 1. The van der Waals surface area contributed by atoms with Gasteiger partial charge in [-0.2, -0.15) is 0 Å². The Hall–Kier alpha value is -3.78. The van der Waals surface area contributed by atoms with Gasteiger partial charge in [0.2, 0.25) is 0 Å². The number of amides is 1. The molecule has 0 fully saturated rings. The Balaban J connectivity index is 1.64. The molecule has 0 saturated carbocycles. The van der Waals surface area contributed by atoms with Gasteiger partial charge in [-0.1, -0.05) is 32.0 Å². The quantitative estimate of drug-likeness (QED) is 0.419. The Morgan fingerprint density at radius 1 is 1.15 bits per heavy atom. The number of benzene rings is 2. The number of nitrogen functional groups attached to an aromatic ring is 1. The molecule has 1 atom stereocenters. The summed E-state index contributed by atoms with van der Waals surface area (Å²) < 4.78 is 15.3. The predicted octanol–water partition coefficient (Wildman–Crippen LogP) is 4.46. The van der Waals surface area contributed by atoms with E-state index in [0.29, 0.717) is 17.3 Å². The summed E-state index contributed by atoms with van der Waals surface area (Å²) in [5, 5.41) is 13.7. The molecule has 0 saturated heterocycles. The second kappa shape index (κ2) is 8.63. The van der Waals surface area contributed by atoms with Crippen molar-refractivity contribution in [3.8, 4) is 11.1 Å². The first kappa shape index (κ1) is 22.4. The Kier molecular flexibility index (Phi) is 5.86. The molecule has 0 aliphatic rings. The highest BCUT2D eigenvalue weighted by molar-refractivity contribution is 6.02.